The highest BCUT2D eigenvalue weighted by Crippen LogP contribution is 2.31. The van der Waals surface area contributed by atoms with E-state index in [2.05, 4.69) is 72.7 Å². The van der Waals surface area contributed by atoms with Crippen LogP contribution in [0.5, 0.6) is 0 Å². The minimum Gasteiger partial charge on any atom is -0.0654 e. The fraction of sp³-hybridized carbons (Fsp3) is 0.692. The Morgan fingerprint density at radius 3 is 1.08 bits per heavy atom. The highest BCUT2D eigenvalue weighted by molar-refractivity contribution is 5.44. The number of benzene rings is 2. The van der Waals surface area contributed by atoms with Crippen LogP contribution in [0.4, 0.5) is 0 Å². The first kappa shape index (κ1) is 33.6. The third kappa shape index (κ3) is 11.1. The maximum Gasteiger partial charge on any atom is -0.0150 e. The second kappa shape index (κ2) is 19.5. The van der Waals surface area contributed by atoms with Crippen LogP contribution in [-0.2, 0) is 44.9 Å². The molecule has 39 heavy (non-hydrogen) atoms. The van der Waals surface area contributed by atoms with Gasteiger partial charge in [-0.1, -0.05) is 111 Å². The minimum absolute atomic E-state index is 0.561. The number of unbranched alkanes of at least 4 members (excludes halogenated alkanes) is 6. The number of hydrogen-bond acceptors (Lipinski definition) is 0. The molecule has 0 aliphatic rings. The van der Waals surface area contributed by atoms with Gasteiger partial charge in [0, 0.05) is 0 Å². The molecule has 0 saturated carbocycles. The molecule has 0 nitrogen and oxygen atoms in total. The van der Waals surface area contributed by atoms with E-state index in [1.165, 1.54) is 122 Å². The van der Waals surface area contributed by atoms with Crippen LogP contribution in [0.2, 0.25) is 0 Å². The molecule has 0 heterocycles. The van der Waals surface area contributed by atoms with Crippen molar-refractivity contribution in [1.82, 2.24) is 0 Å². The van der Waals surface area contributed by atoms with E-state index < -0.39 is 0 Å². The third-order valence-electron chi connectivity index (χ3n) is 8.82. The summed E-state index contributed by atoms with van der Waals surface area (Å²) in [7, 11) is 0. The molecule has 0 amide bonds. The van der Waals surface area contributed by atoms with Crippen LogP contribution in [0.3, 0.4) is 0 Å². The van der Waals surface area contributed by atoms with Gasteiger partial charge in [0.15, 0.2) is 0 Å². The standard InChI is InChI=1S/C39H64/c1-8-14-20-33-27-32(28-34(21-15-9-2)38(33)24-18-12-5)26-31(7)37-29-35(22-16-10-3)39(25-19-13-6)36(30-37)23-17-11-4/h27-31H,8-26H2,1-7H3. The largest absolute Gasteiger partial charge is 0.0654 e. The molecule has 0 aliphatic carbocycles. The van der Waals surface area contributed by atoms with Crippen LogP contribution < -0.4 is 0 Å². The van der Waals surface area contributed by atoms with E-state index in [1.807, 2.05) is 0 Å². The third-order valence-corrected chi connectivity index (χ3v) is 8.82. The molecule has 0 fully saturated rings. The Morgan fingerprint density at radius 1 is 0.436 bits per heavy atom. The molecule has 0 heteroatoms. The molecule has 0 saturated heterocycles. The first-order chi connectivity index (χ1) is 19.0. The van der Waals surface area contributed by atoms with Crippen LogP contribution in [0.25, 0.3) is 0 Å². The predicted molar refractivity (Wildman–Crippen MR) is 177 cm³/mol. The number of hydrogen-bond donors (Lipinski definition) is 0. The lowest BCUT2D eigenvalue weighted by Crippen LogP contribution is -2.08. The van der Waals surface area contributed by atoms with Crippen molar-refractivity contribution < 1.29 is 0 Å². The van der Waals surface area contributed by atoms with Gasteiger partial charge in [0.1, 0.15) is 0 Å². The van der Waals surface area contributed by atoms with Gasteiger partial charge in [-0.2, -0.15) is 0 Å². The summed E-state index contributed by atoms with van der Waals surface area (Å²) in [4.78, 5) is 0. The zero-order chi connectivity index (χ0) is 28.5. The van der Waals surface area contributed by atoms with E-state index >= 15 is 0 Å². The lowest BCUT2D eigenvalue weighted by Gasteiger charge is -2.22. The lowest BCUT2D eigenvalue weighted by atomic mass is 9.83. The highest BCUT2D eigenvalue weighted by Gasteiger charge is 2.17. The molecule has 2 rings (SSSR count). The summed E-state index contributed by atoms with van der Waals surface area (Å²) in [6, 6.07) is 10.5. The summed E-state index contributed by atoms with van der Waals surface area (Å²) >= 11 is 0. The quantitative estimate of drug-likeness (QED) is 0.150. The van der Waals surface area contributed by atoms with Gasteiger partial charge in [-0.3, -0.25) is 0 Å². The molecule has 0 radical (unpaired) electrons. The van der Waals surface area contributed by atoms with E-state index in [-0.39, 0.29) is 0 Å². The van der Waals surface area contributed by atoms with Crippen LogP contribution in [0, 0.1) is 0 Å². The Kier molecular flexibility index (Phi) is 16.8. The predicted octanol–water partition coefficient (Wildman–Crippen LogP) is 12.1. The molecular weight excluding hydrogens is 468 g/mol. The first-order valence-electron chi connectivity index (χ1n) is 17.3. The molecular formula is C39H64. The van der Waals surface area contributed by atoms with Gasteiger partial charge in [-0.25, -0.2) is 0 Å². The monoisotopic (exact) mass is 533 g/mol. The van der Waals surface area contributed by atoms with E-state index in [0.29, 0.717) is 5.92 Å². The van der Waals surface area contributed by atoms with E-state index in [9.17, 15) is 0 Å². The van der Waals surface area contributed by atoms with Crippen LogP contribution in [0.15, 0.2) is 24.3 Å². The molecule has 0 aromatic heterocycles. The van der Waals surface area contributed by atoms with Crippen molar-refractivity contribution in [2.75, 3.05) is 0 Å². The Bertz CT molecular complexity index is 875. The van der Waals surface area contributed by atoms with Gasteiger partial charge in [0.25, 0.3) is 0 Å². The average molecular weight is 533 g/mol. The minimum atomic E-state index is 0.561. The summed E-state index contributed by atoms with van der Waals surface area (Å²) in [5.74, 6) is 0.561. The first-order valence-corrected chi connectivity index (χ1v) is 17.3. The maximum absolute atomic E-state index is 2.63. The van der Waals surface area contributed by atoms with Crippen LogP contribution >= 0.6 is 0 Å². The smallest absolute Gasteiger partial charge is 0.0150 e. The number of aryl methyl sites for hydroxylation is 4. The van der Waals surface area contributed by atoms with Gasteiger partial charge in [0.2, 0.25) is 0 Å². The van der Waals surface area contributed by atoms with Crippen molar-refractivity contribution in [2.45, 2.75) is 176 Å². The van der Waals surface area contributed by atoms with Gasteiger partial charge in [-0.15, -0.1) is 0 Å². The molecule has 0 N–H and O–H groups in total. The Labute approximate surface area is 244 Å². The average Bonchev–Trinajstić information content (AvgIpc) is 2.94. The molecule has 2 aromatic rings. The van der Waals surface area contributed by atoms with Crippen molar-refractivity contribution >= 4 is 0 Å². The Balaban J connectivity index is 2.47. The second-order valence-corrected chi connectivity index (χ2v) is 12.4. The summed E-state index contributed by atoms with van der Waals surface area (Å²) in [5, 5.41) is 0. The van der Waals surface area contributed by atoms with Crippen LogP contribution in [0.1, 0.15) is 176 Å². The summed E-state index contributed by atoms with van der Waals surface area (Å²) in [6.07, 6.45) is 24.3. The number of rotatable bonds is 21. The molecule has 2 aromatic carbocycles. The van der Waals surface area contributed by atoms with Gasteiger partial charge < -0.3 is 0 Å². The zero-order valence-electron chi connectivity index (χ0n) is 27.3. The normalized spacial score (nSPS) is 12.3. The second-order valence-electron chi connectivity index (χ2n) is 12.4. The van der Waals surface area contributed by atoms with Gasteiger partial charge >= 0.3 is 0 Å². The van der Waals surface area contributed by atoms with Crippen molar-refractivity contribution in [3.05, 3.63) is 68.8 Å². The molecule has 0 bridgehead atoms. The fourth-order valence-corrected chi connectivity index (χ4v) is 6.28. The van der Waals surface area contributed by atoms with Gasteiger partial charge in [-0.05, 0) is 134 Å². The molecule has 1 atom stereocenters. The van der Waals surface area contributed by atoms with Gasteiger partial charge in [0.05, 0.1) is 0 Å². The molecule has 1 unspecified atom stereocenters. The summed E-state index contributed by atoms with van der Waals surface area (Å²) in [5.41, 5.74) is 13.3. The van der Waals surface area contributed by atoms with E-state index in [4.69, 9.17) is 0 Å². The van der Waals surface area contributed by atoms with Crippen molar-refractivity contribution in [1.29, 1.82) is 0 Å². The fourth-order valence-electron chi connectivity index (χ4n) is 6.28. The summed E-state index contributed by atoms with van der Waals surface area (Å²) in [6.45, 7) is 16.5. The van der Waals surface area contributed by atoms with Crippen molar-refractivity contribution in [3.8, 4) is 0 Å². The zero-order valence-corrected chi connectivity index (χ0v) is 27.3. The highest BCUT2D eigenvalue weighted by atomic mass is 14.2. The Morgan fingerprint density at radius 2 is 0.744 bits per heavy atom. The topological polar surface area (TPSA) is 0 Å². The van der Waals surface area contributed by atoms with E-state index in [1.54, 1.807) is 44.5 Å². The Hall–Kier alpha value is -1.56. The van der Waals surface area contributed by atoms with Crippen LogP contribution in [-0.4, -0.2) is 0 Å². The lowest BCUT2D eigenvalue weighted by molar-refractivity contribution is 0.710. The summed E-state index contributed by atoms with van der Waals surface area (Å²) < 4.78 is 0. The van der Waals surface area contributed by atoms with Crippen molar-refractivity contribution in [2.24, 2.45) is 0 Å². The van der Waals surface area contributed by atoms with E-state index in [0.717, 1.165) is 0 Å². The molecule has 0 spiro atoms. The SMILES string of the molecule is CCCCc1cc(CC(C)c2cc(CCCC)c(CCCC)c(CCCC)c2)cc(CCCC)c1CCCC. The maximum atomic E-state index is 2.63. The van der Waals surface area contributed by atoms with Crippen molar-refractivity contribution in [3.63, 3.8) is 0 Å². The molecule has 0 aliphatic heterocycles. The molecule has 220 valence electrons.